The van der Waals surface area contributed by atoms with Crippen molar-refractivity contribution in [3.05, 3.63) is 0 Å². The maximum Gasteiger partial charge on any atom is -0.00772 e. The predicted octanol–water partition coefficient (Wildman–Crippen LogP) is 3.33. The van der Waals surface area contributed by atoms with Crippen LogP contribution in [-0.4, -0.2) is 6.54 Å². The van der Waals surface area contributed by atoms with Crippen molar-refractivity contribution in [3.8, 4) is 0 Å². The largest absolute Gasteiger partial charge is 0.330 e. The molecule has 0 aromatic carbocycles. The molecule has 78 valence electrons. The second kappa shape index (κ2) is 6.42. The van der Waals surface area contributed by atoms with Gasteiger partial charge in [0, 0.05) is 0 Å². The highest BCUT2D eigenvalue weighted by Crippen LogP contribution is 2.33. The summed E-state index contributed by atoms with van der Waals surface area (Å²) in [6.07, 6.45) is 11.4. The minimum absolute atomic E-state index is 0.884. The molecule has 2 N–H and O–H groups in total. The first-order valence-corrected chi connectivity index (χ1v) is 6.06. The SMILES string of the molecule is CCCC1CCCC(CCCN)C1. The van der Waals surface area contributed by atoms with E-state index in [9.17, 15) is 0 Å². The first-order chi connectivity index (χ1) is 6.36. The molecular weight excluding hydrogens is 158 g/mol. The van der Waals surface area contributed by atoms with Gasteiger partial charge in [0.1, 0.15) is 0 Å². The molecule has 2 unspecified atom stereocenters. The molecule has 0 saturated heterocycles. The van der Waals surface area contributed by atoms with E-state index in [-0.39, 0.29) is 0 Å². The number of hydrogen-bond acceptors (Lipinski definition) is 1. The lowest BCUT2D eigenvalue weighted by Crippen LogP contribution is -2.16. The Bertz CT molecular complexity index is 120. The van der Waals surface area contributed by atoms with Crippen LogP contribution in [0.1, 0.15) is 58.3 Å². The van der Waals surface area contributed by atoms with Crippen LogP contribution in [0.4, 0.5) is 0 Å². The fourth-order valence-corrected chi connectivity index (χ4v) is 2.74. The van der Waals surface area contributed by atoms with Crippen LogP contribution < -0.4 is 5.73 Å². The van der Waals surface area contributed by atoms with E-state index in [0.29, 0.717) is 0 Å². The molecular formula is C12H25N. The zero-order chi connectivity index (χ0) is 9.52. The van der Waals surface area contributed by atoms with Crippen molar-refractivity contribution in [1.82, 2.24) is 0 Å². The Morgan fingerprint density at radius 3 is 2.46 bits per heavy atom. The number of rotatable bonds is 5. The molecule has 13 heavy (non-hydrogen) atoms. The van der Waals surface area contributed by atoms with Gasteiger partial charge in [0.15, 0.2) is 0 Å². The van der Waals surface area contributed by atoms with Crippen LogP contribution in [0.5, 0.6) is 0 Å². The van der Waals surface area contributed by atoms with Crippen molar-refractivity contribution in [1.29, 1.82) is 0 Å². The van der Waals surface area contributed by atoms with Crippen LogP contribution in [0.15, 0.2) is 0 Å². The van der Waals surface area contributed by atoms with Crippen LogP contribution >= 0.6 is 0 Å². The molecule has 0 heterocycles. The average molecular weight is 183 g/mol. The monoisotopic (exact) mass is 183 g/mol. The lowest BCUT2D eigenvalue weighted by molar-refractivity contribution is 0.240. The summed E-state index contributed by atoms with van der Waals surface area (Å²) in [4.78, 5) is 0. The Hall–Kier alpha value is -0.0400. The fraction of sp³-hybridized carbons (Fsp3) is 1.00. The van der Waals surface area contributed by atoms with E-state index in [1.54, 1.807) is 0 Å². The third-order valence-electron chi connectivity index (χ3n) is 3.40. The molecule has 0 spiro atoms. The van der Waals surface area contributed by atoms with Crippen LogP contribution in [-0.2, 0) is 0 Å². The standard InChI is InChI=1S/C12H25N/c1-2-5-11-6-3-7-12(10-11)8-4-9-13/h11-12H,2-10,13H2,1H3. The summed E-state index contributed by atoms with van der Waals surface area (Å²) in [5, 5.41) is 0. The summed E-state index contributed by atoms with van der Waals surface area (Å²) in [5.74, 6) is 2.05. The molecule has 0 bridgehead atoms. The smallest absolute Gasteiger partial charge is 0.00772 e. The van der Waals surface area contributed by atoms with E-state index in [4.69, 9.17) is 5.73 Å². The third kappa shape index (κ3) is 4.12. The Morgan fingerprint density at radius 1 is 1.15 bits per heavy atom. The average Bonchev–Trinajstić information content (AvgIpc) is 2.16. The van der Waals surface area contributed by atoms with Crippen LogP contribution in [0.25, 0.3) is 0 Å². The van der Waals surface area contributed by atoms with Gasteiger partial charge in [0.25, 0.3) is 0 Å². The van der Waals surface area contributed by atoms with Crippen LogP contribution in [0, 0.1) is 11.8 Å². The Kier molecular flexibility index (Phi) is 5.45. The summed E-state index contributed by atoms with van der Waals surface area (Å²) in [5.41, 5.74) is 5.54. The van der Waals surface area contributed by atoms with Crippen LogP contribution in [0.3, 0.4) is 0 Å². The molecule has 0 aromatic heterocycles. The molecule has 1 nitrogen and oxygen atoms in total. The molecule has 0 amide bonds. The van der Waals surface area contributed by atoms with E-state index in [0.717, 1.165) is 18.4 Å². The summed E-state index contributed by atoms with van der Waals surface area (Å²) < 4.78 is 0. The highest BCUT2D eigenvalue weighted by atomic mass is 14.5. The zero-order valence-corrected chi connectivity index (χ0v) is 9.10. The maximum absolute atomic E-state index is 5.54. The molecule has 1 rings (SSSR count). The second-order valence-corrected chi connectivity index (χ2v) is 4.62. The summed E-state index contributed by atoms with van der Waals surface area (Å²) in [6, 6.07) is 0. The zero-order valence-electron chi connectivity index (χ0n) is 9.10. The van der Waals surface area contributed by atoms with E-state index in [1.807, 2.05) is 0 Å². The highest BCUT2D eigenvalue weighted by Gasteiger charge is 2.20. The summed E-state index contributed by atoms with van der Waals surface area (Å²) in [7, 11) is 0. The van der Waals surface area contributed by atoms with E-state index in [2.05, 4.69) is 6.92 Å². The van der Waals surface area contributed by atoms with Crippen molar-refractivity contribution in [2.75, 3.05) is 6.54 Å². The molecule has 1 aliphatic rings. The van der Waals surface area contributed by atoms with Gasteiger partial charge in [-0.05, 0) is 37.6 Å². The van der Waals surface area contributed by atoms with Gasteiger partial charge in [-0.25, -0.2) is 0 Å². The van der Waals surface area contributed by atoms with Crippen molar-refractivity contribution in [2.45, 2.75) is 58.3 Å². The third-order valence-corrected chi connectivity index (χ3v) is 3.40. The minimum atomic E-state index is 0.884. The van der Waals surface area contributed by atoms with Gasteiger partial charge in [-0.15, -0.1) is 0 Å². The molecule has 0 radical (unpaired) electrons. The molecule has 1 fully saturated rings. The van der Waals surface area contributed by atoms with Gasteiger partial charge in [-0.1, -0.05) is 39.0 Å². The Morgan fingerprint density at radius 2 is 1.85 bits per heavy atom. The van der Waals surface area contributed by atoms with E-state index < -0.39 is 0 Å². The van der Waals surface area contributed by atoms with E-state index in [1.165, 1.54) is 51.4 Å². The van der Waals surface area contributed by atoms with Crippen LogP contribution in [0.2, 0.25) is 0 Å². The van der Waals surface area contributed by atoms with Gasteiger partial charge >= 0.3 is 0 Å². The Balaban J connectivity index is 2.16. The quantitative estimate of drug-likeness (QED) is 0.695. The summed E-state index contributed by atoms with van der Waals surface area (Å²) >= 11 is 0. The molecule has 0 aromatic rings. The lowest BCUT2D eigenvalue weighted by atomic mass is 9.78. The fourth-order valence-electron chi connectivity index (χ4n) is 2.74. The molecule has 0 aliphatic heterocycles. The van der Waals surface area contributed by atoms with Crippen molar-refractivity contribution < 1.29 is 0 Å². The van der Waals surface area contributed by atoms with Gasteiger partial charge in [-0.2, -0.15) is 0 Å². The topological polar surface area (TPSA) is 26.0 Å². The van der Waals surface area contributed by atoms with E-state index >= 15 is 0 Å². The van der Waals surface area contributed by atoms with Crippen molar-refractivity contribution in [2.24, 2.45) is 17.6 Å². The molecule has 1 aliphatic carbocycles. The number of nitrogens with two attached hydrogens (primary N) is 1. The maximum atomic E-state index is 5.54. The van der Waals surface area contributed by atoms with Gasteiger partial charge in [0.2, 0.25) is 0 Å². The minimum Gasteiger partial charge on any atom is -0.330 e. The molecule has 2 atom stereocenters. The first kappa shape index (κ1) is 11.0. The van der Waals surface area contributed by atoms with Crippen molar-refractivity contribution >= 4 is 0 Å². The van der Waals surface area contributed by atoms with Gasteiger partial charge in [0.05, 0.1) is 0 Å². The Labute approximate surface area is 83.1 Å². The summed E-state index contributed by atoms with van der Waals surface area (Å²) in [6.45, 7) is 3.19. The highest BCUT2D eigenvalue weighted by molar-refractivity contribution is 4.73. The van der Waals surface area contributed by atoms with Gasteiger partial charge in [-0.3, -0.25) is 0 Å². The first-order valence-electron chi connectivity index (χ1n) is 6.06. The normalized spacial score (nSPS) is 29.1. The predicted molar refractivity (Wildman–Crippen MR) is 58.6 cm³/mol. The second-order valence-electron chi connectivity index (χ2n) is 4.62. The lowest BCUT2D eigenvalue weighted by Gasteiger charge is -2.28. The van der Waals surface area contributed by atoms with Gasteiger partial charge < -0.3 is 5.73 Å². The van der Waals surface area contributed by atoms with Crippen molar-refractivity contribution in [3.63, 3.8) is 0 Å². The molecule has 1 heteroatoms. The number of hydrogen-bond donors (Lipinski definition) is 1. The molecule has 1 saturated carbocycles.